The second kappa shape index (κ2) is 8.94. The Bertz CT molecular complexity index is 1320. The van der Waals surface area contributed by atoms with Crippen molar-refractivity contribution in [3.05, 3.63) is 50.9 Å². The maximum atomic E-state index is 13.3. The number of carbonyl (C=O) groups is 2. The smallest absolute Gasteiger partial charge is 0.259 e. The largest absolute Gasteiger partial charge is 0.323 e. The van der Waals surface area contributed by atoms with Gasteiger partial charge in [0.05, 0.1) is 29.3 Å². The number of carbonyl (C=O) groups excluding carboxylic acids is 2. The van der Waals surface area contributed by atoms with Crippen LogP contribution in [0.2, 0.25) is 0 Å². The van der Waals surface area contributed by atoms with Gasteiger partial charge >= 0.3 is 0 Å². The molecule has 2 aliphatic rings. The fourth-order valence-electron chi connectivity index (χ4n) is 4.71. The first-order valence-electron chi connectivity index (χ1n) is 11.5. The van der Waals surface area contributed by atoms with Crippen LogP contribution in [0.5, 0.6) is 0 Å². The molecule has 4 heterocycles. The van der Waals surface area contributed by atoms with Crippen molar-refractivity contribution in [2.75, 3.05) is 42.9 Å². The second-order valence-electron chi connectivity index (χ2n) is 8.95. The fourth-order valence-corrected chi connectivity index (χ4v) is 5.76. The van der Waals surface area contributed by atoms with E-state index in [9.17, 15) is 14.4 Å². The third-order valence-corrected chi connectivity index (χ3v) is 7.91. The topological polar surface area (TPSA) is 102 Å². The van der Waals surface area contributed by atoms with Gasteiger partial charge < -0.3 is 10.3 Å². The predicted octanol–water partition coefficient (Wildman–Crippen LogP) is 2.09. The van der Waals surface area contributed by atoms with Crippen molar-refractivity contribution in [2.45, 2.75) is 33.4 Å². The lowest BCUT2D eigenvalue weighted by atomic mass is 10.1. The molecule has 2 aromatic heterocycles. The van der Waals surface area contributed by atoms with Crippen molar-refractivity contribution >= 4 is 44.7 Å². The number of aryl methyl sites for hydroxylation is 2. The molecule has 178 valence electrons. The maximum Gasteiger partial charge on any atom is 0.259 e. The maximum absolute atomic E-state index is 13.3. The molecule has 2 aliphatic heterocycles. The van der Waals surface area contributed by atoms with E-state index in [0.29, 0.717) is 23.4 Å². The molecule has 0 radical (unpaired) electrons. The van der Waals surface area contributed by atoms with Crippen LogP contribution in [-0.4, -0.2) is 70.3 Å². The third kappa shape index (κ3) is 4.13. The summed E-state index contributed by atoms with van der Waals surface area (Å²) >= 11 is 1.56. The summed E-state index contributed by atoms with van der Waals surface area (Å²) in [5.41, 5.74) is 2.33. The van der Waals surface area contributed by atoms with Crippen molar-refractivity contribution < 1.29 is 9.59 Å². The molecule has 0 saturated carbocycles. The number of rotatable bonds is 4. The molecule has 1 saturated heterocycles. The number of benzene rings is 1. The van der Waals surface area contributed by atoms with E-state index in [0.717, 1.165) is 47.1 Å². The van der Waals surface area contributed by atoms with Crippen LogP contribution in [0.25, 0.3) is 10.2 Å². The van der Waals surface area contributed by atoms with Gasteiger partial charge in [0.25, 0.3) is 5.56 Å². The quantitative estimate of drug-likeness (QED) is 0.593. The van der Waals surface area contributed by atoms with Crippen LogP contribution in [0.4, 0.5) is 11.4 Å². The van der Waals surface area contributed by atoms with E-state index in [-0.39, 0.29) is 30.0 Å². The molecule has 1 atom stereocenters. The average Bonchev–Trinajstić information content (AvgIpc) is 3.11. The average molecular weight is 481 g/mol. The van der Waals surface area contributed by atoms with E-state index in [1.54, 1.807) is 16.2 Å². The van der Waals surface area contributed by atoms with Crippen molar-refractivity contribution in [3.8, 4) is 0 Å². The zero-order valence-electron chi connectivity index (χ0n) is 19.6. The van der Waals surface area contributed by atoms with Gasteiger partial charge in [-0.15, -0.1) is 11.3 Å². The summed E-state index contributed by atoms with van der Waals surface area (Å²) in [4.78, 5) is 53.5. The molecule has 0 bridgehead atoms. The van der Waals surface area contributed by atoms with Crippen molar-refractivity contribution in [2.24, 2.45) is 0 Å². The van der Waals surface area contributed by atoms with Crippen LogP contribution in [0.1, 0.15) is 23.2 Å². The number of nitrogens with one attached hydrogen (secondary N) is 2. The zero-order valence-corrected chi connectivity index (χ0v) is 20.4. The molecular formula is C24H28N6O3S. The van der Waals surface area contributed by atoms with E-state index < -0.39 is 0 Å². The lowest BCUT2D eigenvalue weighted by Gasteiger charge is -2.39. The zero-order chi connectivity index (χ0) is 24.0. The number of aromatic amines is 1. The Kier molecular flexibility index (Phi) is 5.97. The number of amides is 2. The molecule has 0 spiro atoms. The van der Waals surface area contributed by atoms with Crippen LogP contribution in [0, 0.1) is 13.8 Å². The summed E-state index contributed by atoms with van der Waals surface area (Å²) in [7, 11) is 0. The molecule has 3 aromatic rings. The van der Waals surface area contributed by atoms with Crippen molar-refractivity contribution in [3.63, 3.8) is 0 Å². The number of hydrogen-bond acceptors (Lipinski definition) is 7. The van der Waals surface area contributed by atoms with Gasteiger partial charge in [-0.3, -0.25) is 29.1 Å². The highest BCUT2D eigenvalue weighted by Crippen LogP contribution is 2.30. The molecule has 34 heavy (non-hydrogen) atoms. The van der Waals surface area contributed by atoms with Crippen LogP contribution in [0.3, 0.4) is 0 Å². The minimum absolute atomic E-state index is 0.0311. The van der Waals surface area contributed by atoms with E-state index in [1.807, 2.05) is 45.0 Å². The number of fused-ring (bicyclic) bond motifs is 2. The minimum Gasteiger partial charge on any atom is -0.323 e. The molecule has 2 N–H and O–H groups in total. The Hall–Kier alpha value is -3.08. The molecule has 9 nitrogen and oxygen atoms in total. The molecule has 0 unspecified atom stereocenters. The molecule has 5 rings (SSSR count). The highest BCUT2D eigenvalue weighted by atomic mass is 32.1. The van der Waals surface area contributed by atoms with Gasteiger partial charge in [-0.2, -0.15) is 0 Å². The second-order valence-corrected chi connectivity index (χ2v) is 10.2. The predicted molar refractivity (Wildman–Crippen MR) is 133 cm³/mol. The first kappa shape index (κ1) is 22.7. The van der Waals surface area contributed by atoms with E-state index in [2.05, 4.69) is 20.1 Å². The summed E-state index contributed by atoms with van der Waals surface area (Å²) in [6, 6.07) is 7.04. The Morgan fingerprint density at radius 3 is 2.65 bits per heavy atom. The lowest BCUT2D eigenvalue weighted by Crippen LogP contribution is -2.56. The molecule has 2 amide bonds. The number of nitrogens with zero attached hydrogens (tertiary/aromatic N) is 4. The Morgan fingerprint density at radius 2 is 1.88 bits per heavy atom. The van der Waals surface area contributed by atoms with Crippen molar-refractivity contribution in [1.29, 1.82) is 0 Å². The van der Waals surface area contributed by atoms with Crippen LogP contribution in [0.15, 0.2) is 29.1 Å². The van der Waals surface area contributed by atoms with E-state index in [1.165, 1.54) is 0 Å². The molecular weight excluding hydrogens is 452 g/mol. The van der Waals surface area contributed by atoms with Gasteiger partial charge in [0, 0.05) is 31.1 Å². The Morgan fingerprint density at radius 1 is 1.15 bits per heavy atom. The van der Waals surface area contributed by atoms with E-state index >= 15 is 0 Å². The summed E-state index contributed by atoms with van der Waals surface area (Å²) in [5.74, 6) is 0.418. The highest BCUT2D eigenvalue weighted by molar-refractivity contribution is 7.18. The number of hydrogen-bond donors (Lipinski definition) is 2. The SMILES string of the molecule is Cc1sc2nc(CN3CCN([C@@H](C)C(=O)N4CC(=O)Nc5ccccc54)CC3)[nH]c(=O)c2c1C. The minimum atomic E-state index is -0.340. The summed E-state index contributed by atoms with van der Waals surface area (Å²) < 4.78 is 0. The van der Waals surface area contributed by atoms with Crippen LogP contribution < -0.4 is 15.8 Å². The van der Waals surface area contributed by atoms with Gasteiger partial charge in [0.15, 0.2) is 0 Å². The number of thiophene rings is 1. The lowest BCUT2D eigenvalue weighted by molar-refractivity contribution is -0.126. The highest BCUT2D eigenvalue weighted by Gasteiger charge is 2.33. The number of piperazine rings is 1. The third-order valence-electron chi connectivity index (χ3n) is 6.81. The molecule has 10 heteroatoms. The van der Waals surface area contributed by atoms with Gasteiger partial charge in [-0.25, -0.2) is 4.98 Å². The summed E-state index contributed by atoms with van der Waals surface area (Å²) in [5, 5.41) is 3.52. The van der Waals surface area contributed by atoms with Crippen molar-refractivity contribution in [1.82, 2.24) is 19.8 Å². The van der Waals surface area contributed by atoms with Gasteiger partial charge in [-0.05, 0) is 38.5 Å². The standard InChI is InChI=1S/C24H28N6O3S/c1-14-16(3)34-23-21(14)22(32)26-19(27-23)12-28-8-10-29(11-9-28)15(2)24(33)30-13-20(31)25-17-6-4-5-7-18(17)30/h4-7,15H,8-13H2,1-3H3,(H,25,31)(H,26,27,32)/t15-/m0/s1. The number of anilines is 2. The number of aromatic nitrogens is 2. The Balaban J connectivity index is 1.23. The normalized spacial score (nSPS) is 18.1. The number of H-pyrrole nitrogens is 1. The monoisotopic (exact) mass is 480 g/mol. The molecule has 1 fully saturated rings. The fraction of sp³-hybridized carbons (Fsp3) is 0.417. The van der Waals surface area contributed by atoms with E-state index in [4.69, 9.17) is 4.98 Å². The van der Waals surface area contributed by atoms with Gasteiger partial charge in [0.1, 0.15) is 17.2 Å². The first-order chi connectivity index (χ1) is 16.3. The van der Waals surface area contributed by atoms with Gasteiger partial charge in [0.2, 0.25) is 11.8 Å². The summed E-state index contributed by atoms with van der Waals surface area (Å²) in [6.45, 7) is 9.44. The molecule has 1 aromatic carbocycles. The Labute approximate surface area is 201 Å². The molecule has 0 aliphatic carbocycles. The van der Waals surface area contributed by atoms with Crippen LogP contribution in [-0.2, 0) is 16.1 Å². The van der Waals surface area contributed by atoms with Crippen LogP contribution >= 0.6 is 11.3 Å². The summed E-state index contributed by atoms with van der Waals surface area (Å²) in [6.07, 6.45) is 0. The number of para-hydroxylation sites is 2. The van der Waals surface area contributed by atoms with Gasteiger partial charge in [-0.1, -0.05) is 12.1 Å². The first-order valence-corrected chi connectivity index (χ1v) is 12.3.